The molecule has 0 aliphatic heterocycles. The van der Waals surface area contributed by atoms with E-state index in [1.54, 1.807) is 12.1 Å². The molecule has 1 fully saturated rings. The number of hydrogen-bond acceptors (Lipinski definition) is 2. The van der Waals surface area contributed by atoms with Gasteiger partial charge in [-0.05, 0) is 62.1 Å². The quantitative estimate of drug-likeness (QED) is 0.865. The fourth-order valence-electron chi connectivity index (χ4n) is 3.53. The minimum Gasteiger partial charge on any atom is -0.508 e. The predicted molar refractivity (Wildman–Crippen MR) is 80.4 cm³/mol. The van der Waals surface area contributed by atoms with E-state index in [0.717, 1.165) is 18.3 Å². The lowest BCUT2D eigenvalue weighted by atomic mass is 9.80. The van der Waals surface area contributed by atoms with Crippen molar-refractivity contribution in [1.29, 1.82) is 0 Å². The van der Waals surface area contributed by atoms with Gasteiger partial charge in [-0.25, -0.2) is 0 Å². The molecule has 106 valence electrons. The Morgan fingerprint density at radius 2 is 1.68 bits per heavy atom. The van der Waals surface area contributed by atoms with Crippen molar-refractivity contribution < 1.29 is 5.11 Å². The molecule has 0 aromatic heterocycles. The van der Waals surface area contributed by atoms with Crippen molar-refractivity contribution in [3.05, 3.63) is 29.8 Å². The topological polar surface area (TPSA) is 32.3 Å². The molecule has 0 radical (unpaired) electrons. The molecule has 1 saturated carbocycles. The molecule has 1 aliphatic rings. The fraction of sp³-hybridized carbons (Fsp3) is 0.647. The third kappa shape index (κ3) is 4.54. The van der Waals surface area contributed by atoms with E-state index in [-0.39, 0.29) is 0 Å². The number of rotatable bonds is 4. The normalized spacial score (nSPS) is 29.1. The first kappa shape index (κ1) is 14.4. The van der Waals surface area contributed by atoms with Gasteiger partial charge in [-0.15, -0.1) is 0 Å². The minimum absolute atomic E-state index is 0.347. The Hall–Kier alpha value is -1.02. The molecule has 3 atom stereocenters. The first-order valence-electron chi connectivity index (χ1n) is 7.57. The van der Waals surface area contributed by atoms with Gasteiger partial charge in [-0.2, -0.15) is 0 Å². The largest absolute Gasteiger partial charge is 0.508 e. The smallest absolute Gasteiger partial charge is 0.115 e. The van der Waals surface area contributed by atoms with Crippen LogP contribution in [0.1, 0.15) is 45.6 Å². The van der Waals surface area contributed by atoms with E-state index in [0.29, 0.717) is 17.8 Å². The third-order valence-electron chi connectivity index (χ3n) is 4.18. The first-order chi connectivity index (χ1) is 9.02. The molecule has 0 heterocycles. The molecular formula is C17H27NO. The average molecular weight is 261 g/mol. The van der Waals surface area contributed by atoms with Crippen molar-refractivity contribution in [3.63, 3.8) is 0 Å². The third-order valence-corrected chi connectivity index (χ3v) is 4.18. The van der Waals surface area contributed by atoms with Gasteiger partial charge in [-0.1, -0.05) is 26.0 Å². The van der Waals surface area contributed by atoms with Crippen LogP contribution in [0.25, 0.3) is 0 Å². The molecule has 2 heteroatoms. The van der Waals surface area contributed by atoms with Gasteiger partial charge in [0.05, 0.1) is 0 Å². The lowest BCUT2D eigenvalue weighted by molar-refractivity contribution is 0.227. The van der Waals surface area contributed by atoms with E-state index in [2.05, 4.69) is 26.1 Å². The van der Waals surface area contributed by atoms with Crippen LogP contribution in [0, 0.1) is 11.8 Å². The van der Waals surface area contributed by atoms with Crippen LogP contribution in [-0.4, -0.2) is 17.2 Å². The van der Waals surface area contributed by atoms with Crippen LogP contribution < -0.4 is 5.32 Å². The summed E-state index contributed by atoms with van der Waals surface area (Å²) in [5, 5.41) is 13.1. The van der Waals surface area contributed by atoms with Crippen molar-refractivity contribution in [2.75, 3.05) is 0 Å². The van der Waals surface area contributed by atoms with Crippen molar-refractivity contribution in [2.45, 2.75) is 58.5 Å². The van der Waals surface area contributed by atoms with Crippen molar-refractivity contribution >= 4 is 0 Å². The van der Waals surface area contributed by atoms with Gasteiger partial charge in [0.1, 0.15) is 5.75 Å². The molecule has 3 unspecified atom stereocenters. The summed E-state index contributed by atoms with van der Waals surface area (Å²) in [6, 6.07) is 8.73. The summed E-state index contributed by atoms with van der Waals surface area (Å²) in [4.78, 5) is 0. The maximum Gasteiger partial charge on any atom is 0.115 e. The SMILES string of the molecule is CC1CC(C)CC(NC(C)Cc2ccc(O)cc2)C1. The van der Waals surface area contributed by atoms with E-state index in [4.69, 9.17) is 0 Å². The van der Waals surface area contributed by atoms with Crippen LogP contribution in [0.3, 0.4) is 0 Å². The van der Waals surface area contributed by atoms with Crippen LogP contribution in [0.2, 0.25) is 0 Å². The number of phenols is 1. The second kappa shape index (κ2) is 6.42. The van der Waals surface area contributed by atoms with Gasteiger partial charge >= 0.3 is 0 Å². The lowest BCUT2D eigenvalue weighted by Gasteiger charge is -2.34. The Bertz CT molecular complexity index is 377. The molecule has 0 spiro atoms. The average Bonchev–Trinajstić information content (AvgIpc) is 2.30. The summed E-state index contributed by atoms with van der Waals surface area (Å²) >= 11 is 0. The first-order valence-corrected chi connectivity index (χ1v) is 7.57. The number of nitrogens with one attached hydrogen (secondary N) is 1. The minimum atomic E-state index is 0.347. The zero-order valence-electron chi connectivity index (χ0n) is 12.4. The van der Waals surface area contributed by atoms with Crippen LogP contribution >= 0.6 is 0 Å². The number of phenolic OH excluding ortho intramolecular Hbond substituents is 1. The van der Waals surface area contributed by atoms with Gasteiger partial charge in [-0.3, -0.25) is 0 Å². The van der Waals surface area contributed by atoms with Gasteiger partial charge in [0, 0.05) is 12.1 Å². The molecule has 1 aromatic rings. The molecule has 2 N–H and O–H groups in total. The molecule has 2 rings (SSSR count). The number of aromatic hydroxyl groups is 1. The van der Waals surface area contributed by atoms with Gasteiger partial charge in [0.25, 0.3) is 0 Å². The summed E-state index contributed by atoms with van der Waals surface area (Å²) < 4.78 is 0. The molecule has 1 aliphatic carbocycles. The summed E-state index contributed by atoms with van der Waals surface area (Å²) in [7, 11) is 0. The van der Waals surface area contributed by atoms with Gasteiger partial charge in [0.2, 0.25) is 0 Å². The number of hydrogen-bond donors (Lipinski definition) is 2. The van der Waals surface area contributed by atoms with E-state index in [1.165, 1.54) is 24.8 Å². The monoisotopic (exact) mass is 261 g/mol. The van der Waals surface area contributed by atoms with E-state index >= 15 is 0 Å². The summed E-state index contributed by atoms with van der Waals surface area (Å²) in [5.74, 6) is 2.04. The molecular weight excluding hydrogens is 234 g/mol. The fourth-order valence-corrected chi connectivity index (χ4v) is 3.53. The molecule has 0 saturated heterocycles. The Morgan fingerprint density at radius 3 is 2.26 bits per heavy atom. The molecule has 2 nitrogen and oxygen atoms in total. The van der Waals surface area contributed by atoms with Crippen molar-refractivity contribution in [3.8, 4) is 5.75 Å². The van der Waals surface area contributed by atoms with E-state index in [1.807, 2.05) is 12.1 Å². The zero-order chi connectivity index (χ0) is 13.8. The van der Waals surface area contributed by atoms with Crippen LogP contribution in [-0.2, 0) is 6.42 Å². The Kier molecular flexibility index (Phi) is 4.87. The van der Waals surface area contributed by atoms with Gasteiger partial charge in [0.15, 0.2) is 0 Å². The van der Waals surface area contributed by atoms with E-state index < -0.39 is 0 Å². The second-order valence-electron chi connectivity index (χ2n) is 6.55. The maximum atomic E-state index is 9.29. The Morgan fingerprint density at radius 1 is 1.11 bits per heavy atom. The summed E-state index contributed by atoms with van der Waals surface area (Å²) in [5.41, 5.74) is 1.29. The van der Waals surface area contributed by atoms with Crippen molar-refractivity contribution in [1.82, 2.24) is 5.32 Å². The predicted octanol–water partition coefficient (Wildman–Crippen LogP) is 3.74. The highest BCUT2D eigenvalue weighted by atomic mass is 16.3. The highest BCUT2D eigenvalue weighted by Gasteiger charge is 2.24. The standard InChI is InChI=1S/C17H27NO/c1-12-8-13(2)10-16(9-12)18-14(3)11-15-4-6-17(19)7-5-15/h4-7,12-14,16,18-19H,8-11H2,1-3H3. The summed E-state index contributed by atoms with van der Waals surface area (Å²) in [6.45, 7) is 7.00. The summed E-state index contributed by atoms with van der Waals surface area (Å²) in [6.07, 6.45) is 5.03. The molecule has 19 heavy (non-hydrogen) atoms. The lowest BCUT2D eigenvalue weighted by Crippen LogP contribution is -2.42. The van der Waals surface area contributed by atoms with Crippen LogP contribution in [0.15, 0.2) is 24.3 Å². The highest BCUT2D eigenvalue weighted by molar-refractivity contribution is 5.26. The van der Waals surface area contributed by atoms with Crippen molar-refractivity contribution in [2.24, 2.45) is 11.8 Å². The molecule has 0 amide bonds. The van der Waals surface area contributed by atoms with E-state index in [9.17, 15) is 5.11 Å². The Balaban J connectivity index is 1.83. The van der Waals surface area contributed by atoms with Crippen LogP contribution in [0.5, 0.6) is 5.75 Å². The Labute approximate surface area is 117 Å². The van der Waals surface area contributed by atoms with Gasteiger partial charge < -0.3 is 10.4 Å². The highest BCUT2D eigenvalue weighted by Crippen LogP contribution is 2.28. The maximum absolute atomic E-state index is 9.29. The second-order valence-corrected chi connectivity index (χ2v) is 6.55. The zero-order valence-corrected chi connectivity index (χ0v) is 12.4. The van der Waals surface area contributed by atoms with Crippen LogP contribution in [0.4, 0.5) is 0 Å². The molecule has 1 aromatic carbocycles. The molecule has 0 bridgehead atoms. The number of benzene rings is 1.